The van der Waals surface area contributed by atoms with Gasteiger partial charge in [0.25, 0.3) is 0 Å². The molecule has 0 bridgehead atoms. The second-order valence-electron chi connectivity index (χ2n) is 8.57. The van der Waals surface area contributed by atoms with Gasteiger partial charge in [0.2, 0.25) is 0 Å². The predicted octanol–water partition coefficient (Wildman–Crippen LogP) is 5.56. The lowest BCUT2D eigenvalue weighted by atomic mass is 9.80. The molecule has 4 nitrogen and oxygen atoms in total. The van der Waals surface area contributed by atoms with E-state index in [1.807, 2.05) is 24.4 Å². The summed E-state index contributed by atoms with van der Waals surface area (Å²) < 4.78 is 0. The van der Waals surface area contributed by atoms with E-state index >= 15 is 0 Å². The van der Waals surface area contributed by atoms with E-state index in [-0.39, 0.29) is 18.1 Å². The van der Waals surface area contributed by atoms with Gasteiger partial charge in [0.15, 0.2) is 0 Å². The molecule has 1 aliphatic heterocycles. The van der Waals surface area contributed by atoms with E-state index in [0.717, 1.165) is 31.7 Å². The maximum atomic E-state index is 9.46. The zero-order valence-corrected chi connectivity index (χ0v) is 19.4. The van der Waals surface area contributed by atoms with Crippen molar-refractivity contribution in [1.82, 2.24) is 0 Å². The molecule has 1 atom stereocenters. The topological polar surface area (TPSA) is 38.7 Å². The van der Waals surface area contributed by atoms with Crippen molar-refractivity contribution in [2.24, 2.45) is 0 Å². The molecule has 0 spiro atoms. The molecule has 2 aromatic carbocycles. The quantitative estimate of drug-likeness (QED) is 0.494. The largest absolute Gasteiger partial charge is 0.396 e. The minimum atomic E-state index is -0.0227. The average molecular weight is 420 g/mol. The highest BCUT2D eigenvalue weighted by Crippen LogP contribution is 2.47. The Labute approximate surface area is 187 Å². The lowest BCUT2D eigenvalue weighted by Gasteiger charge is -2.32. The second kappa shape index (κ2) is 10.5. The summed E-state index contributed by atoms with van der Waals surface area (Å²) in [6, 6.07) is 17.3. The zero-order chi connectivity index (χ0) is 22.3. The van der Waals surface area contributed by atoms with Gasteiger partial charge in [-0.1, -0.05) is 44.2 Å². The first-order valence-electron chi connectivity index (χ1n) is 11.4. The molecule has 0 aliphatic carbocycles. The minimum Gasteiger partial charge on any atom is -0.396 e. The van der Waals surface area contributed by atoms with Crippen LogP contribution in [0.3, 0.4) is 0 Å². The van der Waals surface area contributed by atoms with Gasteiger partial charge >= 0.3 is 0 Å². The number of nitrogens with one attached hydrogen (secondary N) is 1. The molecule has 0 amide bonds. The van der Waals surface area contributed by atoms with Crippen molar-refractivity contribution in [1.29, 1.82) is 0 Å². The standard InChI is InChI=1S/C27H37N3O/c1-5-29(6-2)23-16-17-25-24(21-23)27(3,4)26(30(25)19-12-20-31)15-10-11-18-28-22-13-8-7-9-14-22/h7-11,13-18,21,26,28,31H,5-6,12,19-20H2,1-4H3/b15-10+,18-11+. The number of aliphatic hydroxyl groups is 1. The summed E-state index contributed by atoms with van der Waals surface area (Å²) in [5, 5.41) is 12.8. The summed E-state index contributed by atoms with van der Waals surface area (Å²) in [4.78, 5) is 4.85. The molecule has 2 N–H and O–H groups in total. The van der Waals surface area contributed by atoms with Crippen LogP contribution in [-0.4, -0.2) is 37.4 Å². The van der Waals surface area contributed by atoms with Crippen LogP contribution in [0.15, 0.2) is 73.0 Å². The fourth-order valence-corrected chi connectivity index (χ4v) is 4.52. The number of nitrogens with zero attached hydrogens (tertiary/aromatic N) is 2. The van der Waals surface area contributed by atoms with Crippen molar-refractivity contribution in [3.8, 4) is 0 Å². The van der Waals surface area contributed by atoms with Gasteiger partial charge in [-0.25, -0.2) is 0 Å². The molecule has 2 aromatic rings. The average Bonchev–Trinajstić information content (AvgIpc) is 2.99. The number of rotatable bonds is 10. The first-order valence-corrected chi connectivity index (χ1v) is 11.4. The van der Waals surface area contributed by atoms with Gasteiger partial charge < -0.3 is 20.2 Å². The molecule has 166 valence electrons. The maximum Gasteiger partial charge on any atom is 0.0568 e. The van der Waals surface area contributed by atoms with Crippen molar-refractivity contribution >= 4 is 17.1 Å². The van der Waals surface area contributed by atoms with Crippen LogP contribution in [0, 0.1) is 0 Å². The van der Waals surface area contributed by atoms with Crippen LogP contribution < -0.4 is 15.1 Å². The first kappa shape index (κ1) is 23.0. The van der Waals surface area contributed by atoms with Gasteiger partial charge in [-0.05, 0) is 62.2 Å². The van der Waals surface area contributed by atoms with Gasteiger partial charge in [0, 0.05) is 54.9 Å². The van der Waals surface area contributed by atoms with Crippen LogP contribution in [-0.2, 0) is 5.41 Å². The predicted molar refractivity (Wildman–Crippen MR) is 134 cm³/mol. The minimum absolute atomic E-state index is 0.0227. The van der Waals surface area contributed by atoms with Crippen LogP contribution in [0.5, 0.6) is 0 Å². The Morgan fingerprint density at radius 3 is 2.48 bits per heavy atom. The van der Waals surface area contributed by atoms with Gasteiger partial charge in [-0.2, -0.15) is 0 Å². The summed E-state index contributed by atoms with van der Waals surface area (Å²) in [7, 11) is 0. The summed E-state index contributed by atoms with van der Waals surface area (Å²) in [5.74, 6) is 0. The fraction of sp³-hybridized carbons (Fsp3) is 0.407. The molecular formula is C27H37N3O. The molecule has 0 fully saturated rings. The molecule has 0 saturated heterocycles. The summed E-state index contributed by atoms with van der Waals surface area (Å²) in [6.07, 6.45) is 9.21. The number of benzene rings is 2. The van der Waals surface area contributed by atoms with E-state index in [1.165, 1.54) is 16.9 Å². The summed E-state index contributed by atoms with van der Waals surface area (Å²) >= 11 is 0. The van der Waals surface area contributed by atoms with Gasteiger partial charge in [-0.15, -0.1) is 0 Å². The third-order valence-corrected chi connectivity index (χ3v) is 6.27. The lowest BCUT2D eigenvalue weighted by molar-refractivity contribution is 0.287. The Balaban J connectivity index is 1.83. The Hall–Kier alpha value is -2.72. The molecule has 4 heteroatoms. The van der Waals surface area contributed by atoms with Crippen molar-refractivity contribution in [3.05, 3.63) is 78.5 Å². The van der Waals surface area contributed by atoms with Crippen molar-refractivity contribution in [3.63, 3.8) is 0 Å². The van der Waals surface area contributed by atoms with E-state index in [4.69, 9.17) is 0 Å². The smallest absolute Gasteiger partial charge is 0.0568 e. The van der Waals surface area contributed by atoms with E-state index in [2.05, 4.69) is 91.4 Å². The fourth-order valence-electron chi connectivity index (χ4n) is 4.52. The zero-order valence-electron chi connectivity index (χ0n) is 19.4. The Kier molecular flexibility index (Phi) is 7.80. The second-order valence-corrected chi connectivity index (χ2v) is 8.57. The molecule has 3 rings (SSSR count). The number of aliphatic hydroxyl groups excluding tert-OH is 1. The Morgan fingerprint density at radius 1 is 1.06 bits per heavy atom. The highest BCUT2D eigenvalue weighted by atomic mass is 16.3. The summed E-state index contributed by atoms with van der Waals surface area (Å²) in [6.45, 7) is 12.1. The van der Waals surface area contributed by atoms with E-state index in [0.29, 0.717) is 0 Å². The van der Waals surface area contributed by atoms with Crippen molar-refractivity contribution < 1.29 is 5.11 Å². The molecule has 0 aromatic heterocycles. The first-order chi connectivity index (χ1) is 15.0. The SMILES string of the molecule is CCN(CC)c1ccc2c(c1)C(C)(C)C(/C=C/C=C/Nc1ccccc1)N2CCCO. The van der Waals surface area contributed by atoms with Crippen LogP contribution in [0.4, 0.5) is 17.1 Å². The van der Waals surface area contributed by atoms with E-state index < -0.39 is 0 Å². The molecular weight excluding hydrogens is 382 g/mol. The van der Waals surface area contributed by atoms with Gasteiger partial charge in [-0.3, -0.25) is 0 Å². The lowest BCUT2D eigenvalue weighted by Crippen LogP contribution is -2.40. The van der Waals surface area contributed by atoms with E-state index in [9.17, 15) is 5.11 Å². The number of hydrogen-bond donors (Lipinski definition) is 2. The Bertz CT molecular complexity index is 885. The maximum absolute atomic E-state index is 9.46. The normalized spacial score (nSPS) is 17.5. The summed E-state index contributed by atoms with van der Waals surface area (Å²) in [5.41, 5.74) is 5.02. The molecule has 0 saturated carbocycles. The third kappa shape index (κ3) is 5.13. The highest BCUT2D eigenvalue weighted by molar-refractivity contribution is 5.70. The third-order valence-electron chi connectivity index (χ3n) is 6.27. The number of fused-ring (bicyclic) bond motifs is 1. The molecule has 31 heavy (non-hydrogen) atoms. The van der Waals surface area contributed by atoms with Crippen LogP contribution in [0.25, 0.3) is 0 Å². The van der Waals surface area contributed by atoms with Crippen LogP contribution >= 0.6 is 0 Å². The highest BCUT2D eigenvalue weighted by Gasteiger charge is 2.43. The monoisotopic (exact) mass is 419 g/mol. The number of hydrogen-bond acceptors (Lipinski definition) is 4. The van der Waals surface area contributed by atoms with Gasteiger partial charge in [0.1, 0.15) is 0 Å². The van der Waals surface area contributed by atoms with Crippen molar-refractivity contribution in [2.75, 3.05) is 41.4 Å². The van der Waals surface area contributed by atoms with Gasteiger partial charge in [0.05, 0.1) is 6.04 Å². The number of para-hydroxylation sites is 1. The van der Waals surface area contributed by atoms with E-state index in [1.54, 1.807) is 0 Å². The van der Waals surface area contributed by atoms with Crippen LogP contribution in [0.2, 0.25) is 0 Å². The molecule has 1 heterocycles. The molecule has 1 aliphatic rings. The molecule has 1 unspecified atom stereocenters. The number of anilines is 3. The Morgan fingerprint density at radius 2 is 1.81 bits per heavy atom. The number of allylic oxidation sites excluding steroid dienone is 2. The van der Waals surface area contributed by atoms with Crippen molar-refractivity contribution in [2.45, 2.75) is 45.6 Å². The van der Waals surface area contributed by atoms with Crippen LogP contribution in [0.1, 0.15) is 39.7 Å². The molecule has 0 radical (unpaired) electrons.